The first-order chi connectivity index (χ1) is 7.08. The smallest absolute Gasteiger partial charge is 0.230 e. The highest BCUT2D eigenvalue weighted by Gasteiger charge is 2.34. The lowest BCUT2D eigenvalue weighted by atomic mass is 9.86. The largest absolute Gasteiger partial charge is 0.296 e. The van der Waals surface area contributed by atoms with Crippen molar-refractivity contribution in [2.75, 3.05) is 0 Å². The summed E-state index contributed by atoms with van der Waals surface area (Å²) in [6.45, 7) is 1.86. The van der Waals surface area contributed by atoms with Gasteiger partial charge < -0.3 is 0 Å². The first-order valence-corrected chi connectivity index (χ1v) is 6.33. The molecule has 0 aromatic carbocycles. The van der Waals surface area contributed by atoms with E-state index in [9.17, 15) is 9.59 Å². The van der Waals surface area contributed by atoms with E-state index in [1.807, 2.05) is 18.4 Å². The monoisotopic (exact) mass is 287 g/mol. The molecule has 1 saturated heterocycles. The fraction of sp³-hybridized carbons (Fsp3) is 0.400. The maximum atomic E-state index is 11.5. The molecule has 0 radical (unpaired) electrons. The third kappa shape index (κ3) is 2.13. The molecule has 2 heterocycles. The summed E-state index contributed by atoms with van der Waals surface area (Å²) >= 11 is 4.96. The second-order valence-electron chi connectivity index (χ2n) is 3.68. The highest BCUT2D eigenvalue weighted by Crippen LogP contribution is 2.36. The molecule has 1 N–H and O–H groups in total. The van der Waals surface area contributed by atoms with E-state index in [-0.39, 0.29) is 23.7 Å². The van der Waals surface area contributed by atoms with Gasteiger partial charge in [-0.15, -0.1) is 11.3 Å². The van der Waals surface area contributed by atoms with Crippen LogP contribution in [-0.4, -0.2) is 11.8 Å². The number of carbonyl (C=O) groups is 2. The third-order valence-corrected chi connectivity index (χ3v) is 4.46. The van der Waals surface area contributed by atoms with Gasteiger partial charge in [-0.3, -0.25) is 14.9 Å². The van der Waals surface area contributed by atoms with Crippen molar-refractivity contribution in [2.24, 2.45) is 5.92 Å². The zero-order valence-corrected chi connectivity index (χ0v) is 10.5. The molecule has 2 rings (SSSR count). The van der Waals surface area contributed by atoms with Crippen LogP contribution < -0.4 is 5.32 Å². The zero-order valence-electron chi connectivity index (χ0n) is 8.12. The molecule has 1 aromatic heterocycles. The van der Waals surface area contributed by atoms with E-state index in [2.05, 4.69) is 21.2 Å². The molecular weight excluding hydrogens is 278 g/mol. The average molecular weight is 288 g/mol. The lowest BCUT2D eigenvalue weighted by Gasteiger charge is -2.26. The van der Waals surface area contributed by atoms with E-state index < -0.39 is 0 Å². The van der Waals surface area contributed by atoms with Crippen molar-refractivity contribution in [2.45, 2.75) is 19.3 Å². The van der Waals surface area contributed by atoms with Gasteiger partial charge in [0.2, 0.25) is 11.8 Å². The number of piperidine rings is 1. The summed E-state index contributed by atoms with van der Waals surface area (Å²) in [4.78, 5) is 23.8. The standard InChI is InChI=1S/C10H10BrNO2S/c1-5-7(3-9(13)12-10(5)14)8-2-6(11)4-15-8/h2,4-5,7H,3H2,1H3,(H,12,13,14). The van der Waals surface area contributed by atoms with Crippen molar-refractivity contribution < 1.29 is 9.59 Å². The number of carbonyl (C=O) groups excluding carboxylic acids is 2. The van der Waals surface area contributed by atoms with E-state index >= 15 is 0 Å². The van der Waals surface area contributed by atoms with Crippen LogP contribution in [0.4, 0.5) is 0 Å². The van der Waals surface area contributed by atoms with Crippen molar-refractivity contribution in [3.63, 3.8) is 0 Å². The molecule has 2 unspecified atom stereocenters. The Labute approximate surface area is 100.0 Å². The molecule has 0 spiro atoms. The van der Waals surface area contributed by atoms with Gasteiger partial charge in [0.25, 0.3) is 0 Å². The summed E-state index contributed by atoms with van der Waals surface area (Å²) in [5.41, 5.74) is 0. The molecule has 0 aliphatic carbocycles. The number of hydrogen-bond donors (Lipinski definition) is 1. The van der Waals surface area contributed by atoms with Crippen LogP contribution in [0, 0.1) is 5.92 Å². The van der Waals surface area contributed by atoms with Crippen molar-refractivity contribution in [3.05, 3.63) is 20.8 Å². The molecule has 15 heavy (non-hydrogen) atoms. The van der Waals surface area contributed by atoms with Crippen molar-refractivity contribution in [1.29, 1.82) is 0 Å². The SMILES string of the molecule is CC1C(=O)NC(=O)CC1c1cc(Br)cs1. The minimum Gasteiger partial charge on any atom is -0.296 e. The van der Waals surface area contributed by atoms with E-state index in [4.69, 9.17) is 0 Å². The molecule has 2 atom stereocenters. The van der Waals surface area contributed by atoms with Gasteiger partial charge in [-0.1, -0.05) is 6.92 Å². The molecule has 3 nitrogen and oxygen atoms in total. The van der Waals surface area contributed by atoms with Crippen molar-refractivity contribution in [3.8, 4) is 0 Å². The predicted molar refractivity (Wildman–Crippen MR) is 61.7 cm³/mol. The zero-order chi connectivity index (χ0) is 11.0. The highest BCUT2D eigenvalue weighted by atomic mass is 79.9. The topological polar surface area (TPSA) is 46.2 Å². The number of nitrogens with one attached hydrogen (secondary N) is 1. The summed E-state index contributed by atoms with van der Waals surface area (Å²) in [5, 5.41) is 4.32. The number of imide groups is 1. The van der Waals surface area contributed by atoms with Gasteiger partial charge in [-0.25, -0.2) is 0 Å². The Bertz CT molecular complexity index is 415. The minimum absolute atomic E-state index is 0.0301. The van der Waals surface area contributed by atoms with Crippen molar-refractivity contribution >= 4 is 39.1 Å². The summed E-state index contributed by atoms with van der Waals surface area (Å²) in [5.74, 6) is -0.441. The van der Waals surface area contributed by atoms with E-state index in [1.54, 1.807) is 11.3 Å². The van der Waals surface area contributed by atoms with Crippen LogP contribution in [0.5, 0.6) is 0 Å². The van der Waals surface area contributed by atoms with Crippen LogP contribution in [0.2, 0.25) is 0 Å². The molecule has 2 amide bonds. The summed E-state index contributed by atoms with van der Waals surface area (Å²) in [7, 11) is 0. The fourth-order valence-electron chi connectivity index (χ4n) is 1.73. The minimum atomic E-state index is -0.173. The second kappa shape index (κ2) is 4.06. The number of amides is 2. The molecule has 80 valence electrons. The lowest BCUT2D eigenvalue weighted by molar-refractivity contribution is -0.136. The number of rotatable bonds is 1. The van der Waals surface area contributed by atoms with Gasteiger partial charge in [-0.2, -0.15) is 0 Å². The van der Waals surface area contributed by atoms with E-state index in [0.29, 0.717) is 6.42 Å². The quantitative estimate of drug-likeness (QED) is 0.806. The molecule has 1 aromatic rings. The highest BCUT2D eigenvalue weighted by molar-refractivity contribution is 9.10. The Morgan fingerprint density at radius 3 is 2.87 bits per heavy atom. The average Bonchev–Trinajstić information content (AvgIpc) is 2.58. The number of thiophene rings is 1. The number of hydrogen-bond acceptors (Lipinski definition) is 3. The Morgan fingerprint density at radius 2 is 2.27 bits per heavy atom. The lowest BCUT2D eigenvalue weighted by Crippen LogP contribution is -2.43. The summed E-state index contributed by atoms with van der Waals surface area (Å²) in [6.07, 6.45) is 0.403. The van der Waals surface area contributed by atoms with Gasteiger partial charge in [0, 0.05) is 33.0 Å². The Balaban J connectivity index is 2.27. The first kappa shape index (κ1) is 10.8. The van der Waals surface area contributed by atoms with Crippen LogP contribution in [0.1, 0.15) is 24.1 Å². The van der Waals surface area contributed by atoms with Gasteiger partial charge in [0.15, 0.2) is 0 Å². The fourth-order valence-corrected chi connectivity index (χ4v) is 3.38. The van der Waals surface area contributed by atoms with Gasteiger partial charge in [0.1, 0.15) is 0 Å². The summed E-state index contributed by atoms with van der Waals surface area (Å²) < 4.78 is 1.01. The molecule has 1 aliphatic rings. The van der Waals surface area contributed by atoms with E-state index in [0.717, 1.165) is 9.35 Å². The maximum absolute atomic E-state index is 11.5. The van der Waals surface area contributed by atoms with Crippen LogP contribution in [-0.2, 0) is 9.59 Å². The van der Waals surface area contributed by atoms with Crippen LogP contribution in [0.25, 0.3) is 0 Å². The summed E-state index contributed by atoms with van der Waals surface area (Å²) in [6, 6.07) is 1.98. The van der Waals surface area contributed by atoms with E-state index in [1.165, 1.54) is 0 Å². The maximum Gasteiger partial charge on any atom is 0.230 e. The van der Waals surface area contributed by atoms with Gasteiger partial charge in [0.05, 0.1) is 0 Å². The Morgan fingerprint density at radius 1 is 1.53 bits per heavy atom. The van der Waals surface area contributed by atoms with Crippen LogP contribution in [0.15, 0.2) is 15.9 Å². The normalized spacial score (nSPS) is 26.5. The predicted octanol–water partition coefficient (Wildman–Crippen LogP) is 2.28. The second-order valence-corrected chi connectivity index (χ2v) is 5.54. The van der Waals surface area contributed by atoms with Crippen LogP contribution >= 0.6 is 27.3 Å². The Kier molecular flexibility index (Phi) is 2.93. The first-order valence-electron chi connectivity index (χ1n) is 4.65. The van der Waals surface area contributed by atoms with Crippen LogP contribution in [0.3, 0.4) is 0 Å². The molecule has 0 bridgehead atoms. The number of halogens is 1. The molecule has 0 saturated carbocycles. The van der Waals surface area contributed by atoms with Gasteiger partial charge >= 0.3 is 0 Å². The molecule has 5 heteroatoms. The molecule has 1 fully saturated rings. The third-order valence-electron chi connectivity index (χ3n) is 2.64. The molecule has 1 aliphatic heterocycles. The van der Waals surface area contributed by atoms with Crippen molar-refractivity contribution in [1.82, 2.24) is 5.32 Å². The Hall–Kier alpha value is -0.680. The molecular formula is C10H10BrNO2S. The van der Waals surface area contributed by atoms with Gasteiger partial charge in [-0.05, 0) is 22.0 Å².